The molecular weight excluding hydrogens is 298 g/mol. The molecule has 1 aromatic carbocycles. The largest absolute Gasteiger partial charge is 0.378 e. The van der Waals surface area contributed by atoms with Crippen LogP contribution >= 0.6 is 11.6 Å². The second-order valence-electron chi connectivity index (χ2n) is 5.67. The molecule has 3 nitrogen and oxygen atoms in total. The molecule has 4 heteroatoms. The van der Waals surface area contributed by atoms with E-state index in [2.05, 4.69) is 11.0 Å². The van der Waals surface area contributed by atoms with Gasteiger partial charge >= 0.3 is 0 Å². The van der Waals surface area contributed by atoms with Gasteiger partial charge in [-0.05, 0) is 48.6 Å². The van der Waals surface area contributed by atoms with Gasteiger partial charge in [-0.25, -0.2) is 0 Å². The maximum absolute atomic E-state index is 11.5. The molecule has 0 spiro atoms. The van der Waals surface area contributed by atoms with Crippen LogP contribution < -0.4 is 0 Å². The summed E-state index contributed by atoms with van der Waals surface area (Å²) >= 11 is 5.95. The summed E-state index contributed by atoms with van der Waals surface area (Å²) in [6.07, 6.45) is 6.12. The Balaban J connectivity index is 1.96. The van der Waals surface area contributed by atoms with Gasteiger partial charge < -0.3 is 9.64 Å². The van der Waals surface area contributed by atoms with Gasteiger partial charge in [0.15, 0.2) is 0 Å². The van der Waals surface area contributed by atoms with E-state index in [1.54, 1.807) is 0 Å². The Kier molecular flexibility index (Phi) is 4.96. The monoisotopic (exact) mass is 317 g/mol. The highest BCUT2D eigenvalue weighted by molar-refractivity contribution is 6.30. The van der Waals surface area contributed by atoms with Gasteiger partial charge in [-0.3, -0.25) is 4.79 Å². The number of rotatable bonds is 3. The van der Waals surface area contributed by atoms with Crippen molar-refractivity contribution in [3.05, 3.63) is 51.7 Å². The number of ether oxygens (including phenoxy) is 1. The van der Waals surface area contributed by atoms with E-state index in [1.807, 2.05) is 24.3 Å². The van der Waals surface area contributed by atoms with Crippen LogP contribution in [0.4, 0.5) is 0 Å². The third-order valence-electron chi connectivity index (χ3n) is 4.18. The van der Waals surface area contributed by atoms with Gasteiger partial charge in [0.25, 0.3) is 0 Å². The first-order valence-corrected chi connectivity index (χ1v) is 8.13. The molecule has 22 heavy (non-hydrogen) atoms. The summed E-state index contributed by atoms with van der Waals surface area (Å²) in [5.74, 6) is 0. The molecule has 2 aliphatic rings. The van der Waals surface area contributed by atoms with Gasteiger partial charge in [-0.15, -0.1) is 0 Å². The van der Waals surface area contributed by atoms with E-state index in [9.17, 15) is 4.79 Å². The Morgan fingerprint density at radius 1 is 1.09 bits per heavy atom. The average molecular weight is 318 g/mol. The predicted molar refractivity (Wildman–Crippen MR) is 88.8 cm³/mol. The van der Waals surface area contributed by atoms with Crippen molar-refractivity contribution in [2.75, 3.05) is 26.3 Å². The lowest BCUT2D eigenvalue weighted by Crippen LogP contribution is -2.37. The van der Waals surface area contributed by atoms with Crippen molar-refractivity contribution in [3.63, 3.8) is 0 Å². The van der Waals surface area contributed by atoms with Crippen molar-refractivity contribution in [2.45, 2.75) is 19.3 Å². The summed E-state index contributed by atoms with van der Waals surface area (Å²) in [5, 5.41) is 0.739. The van der Waals surface area contributed by atoms with Crippen molar-refractivity contribution >= 4 is 24.0 Å². The maximum atomic E-state index is 11.5. The number of halogens is 1. The Labute approximate surface area is 136 Å². The van der Waals surface area contributed by atoms with Crippen LogP contribution in [0.5, 0.6) is 0 Å². The molecule has 3 rings (SSSR count). The fraction of sp³-hybridized carbons (Fsp3) is 0.389. The van der Waals surface area contributed by atoms with E-state index in [-0.39, 0.29) is 0 Å². The number of hydrogen-bond donors (Lipinski definition) is 0. The lowest BCUT2D eigenvalue weighted by Gasteiger charge is -2.35. The van der Waals surface area contributed by atoms with Crippen molar-refractivity contribution in [3.8, 4) is 0 Å². The van der Waals surface area contributed by atoms with Gasteiger partial charge in [-0.2, -0.15) is 0 Å². The molecule has 0 aromatic heterocycles. The number of carbonyl (C=O) groups is 1. The molecule has 1 saturated heterocycles. The molecule has 0 radical (unpaired) electrons. The first kappa shape index (κ1) is 15.3. The van der Waals surface area contributed by atoms with E-state index in [1.165, 1.54) is 5.57 Å². The fourth-order valence-electron chi connectivity index (χ4n) is 3.12. The van der Waals surface area contributed by atoms with Crippen molar-refractivity contribution in [1.29, 1.82) is 0 Å². The molecule has 1 aliphatic carbocycles. The number of morpholine rings is 1. The topological polar surface area (TPSA) is 29.5 Å². The van der Waals surface area contributed by atoms with Crippen LogP contribution in [0.25, 0.3) is 6.08 Å². The summed E-state index contributed by atoms with van der Waals surface area (Å²) in [7, 11) is 0. The molecule has 116 valence electrons. The van der Waals surface area contributed by atoms with E-state index < -0.39 is 0 Å². The molecule has 0 saturated carbocycles. The summed E-state index contributed by atoms with van der Waals surface area (Å²) in [6.45, 7) is 3.16. The van der Waals surface area contributed by atoms with Crippen LogP contribution in [0.2, 0.25) is 5.02 Å². The Bertz CT molecular complexity index is 598. The summed E-state index contributed by atoms with van der Waals surface area (Å²) in [5.41, 5.74) is 4.42. The molecular formula is C18H20ClNO2. The van der Waals surface area contributed by atoms with Gasteiger partial charge in [0, 0.05) is 29.4 Å². The molecule has 1 aliphatic heterocycles. The minimum absolute atomic E-state index is 0.726. The number of aldehydes is 1. The minimum atomic E-state index is 0.726. The predicted octanol–water partition coefficient (Wildman–Crippen LogP) is 3.69. The van der Waals surface area contributed by atoms with Crippen LogP contribution in [0, 0.1) is 0 Å². The van der Waals surface area contributed by atoms with Crippen LogP contribution in [0.1, 0.15) is 24.8 Å². The summed E-state index contributed by atoms with van der Waals surface area (Å²) in [6, 6.07) is 7.83. The first-order chi connectivity index (χ1) is 10.8. The highest BCUT2D eigenvalue weighted by atomic mass is 35.5. The lowest BCUT2D eigenvalue weighted by molar-refractivity contribution is -0.105. The maximum Gasteiger partial charge on any atom is 0.148 e. The van der Waals surface area contributed by atoms with Gasteiger partial charge in [0.2, 0.25) is 0 Å². The zero-order valence-electron chi connectivity index (χ0n) is 12.6. The second kappa shape index (κ2) is 7.12. The molecule has 1 fully saturated rings. The summed E-state index contributed by atoms with van der Waals surface area (Å²) in [4.78, 5) is 13.8. The smallest absolute Gasteiger partial charge is 0.148 e. The number of nitrogens with zero attached hydrogens (tertiary/aromatic N) is 1. The van der Waals surface area contributed by atoms with E-state index >= 15 is 0 Å². The van der Waals surface area contributed by atoms with E-state index in [0.717, 1.165) is 73.7 Å². The van der Waals surface area contributed by atoms with Crippen molar-refractivity contribution in [2.24, 2.45) is 0 Å². The number of benzene rings is 1. The van der Waals surface area contributed by atoms with Crippen LogP contribution in [-0.2, 0) is 9.53 Å². The lowest BCUT2D eigenvalue weighted by atomic mass is 9.90. The second-order valence-corrected chi connectivity index (χ2v) is 6.10. The van der Waals surface area contributed by atoms with E-state index in [4.69, 9.17) is 16.3 Å². The molecule has 0 amide bonds. The van der Waals surface area contributed by atoms with Crippen LogP contribution in [0.3, 0.4) is 0 Å². The number of carbonyl (C=O) groups excluding carboxylic acids is 1. The number of hydrogen-bond acceptors (Lipinski definition) is 3. The average Bonchev–Trinajstić information content (AvgIpc) is 2.57. The highest BCUT2D eigenvalue weighted by Gasteiger charge is 2.23. The molecule has 1 heterocycles. The minimum Gasteiger partial charge on any atom is -0.378 e. The van der Waals surface area contributed by atoms with Crippen LogP contribution in [-0.4, -0.2) is 37.5 Å². The van der Waals surface area contributed by atoms with Crippen molar-refractivity contribution < 1.29 is 9.53 Å². The Hall–Kier alpha value is -1.58. The Morgan fingerprint density at radius 2 is 1.82 bits per heavy atom. The van der Waals surface area contributed by atoms with Crippen LogP contribution in [0.15, 0.2) is 41.1 Å². The van der Waals surface area contributed by atoms with Crippen molar-refractivity contribution in [1.82, 2.24) is 4.90 Å². The Morgan fingerprint density at radius 3 is 2.50 bits per heavy atom. The first-order valence-electron chi connectivity index (χ1n) is 7.75. The molecule has 1 aromatic rings. The molecule has 0 bridgehead atoms. The molecule has 0 atom stereocenters. The van der Waals surface area contributed by atoms with Gasteiger partial charge in [-0.1, -0.05) is 23.7 Å². The zero-order chi connectivity index (χ0) is 15.4. The standard InChI is InChI=1S/C18H20ClNO2/c19-17-6-4-14(5-7-17)12-15-2-1-3-16(13-21)18(15)20-8-10-22-11-9-20/h4-7,12-13H,1-3,8-11H2/b15-12+. The highest BCUT2D eigenvalue weighted by Crippen LogP contribution is 2.33. The normalized spacial score (nSPS) is 21.3. The molecule has 0 unspecified atom stereocenters. The van der Waals surface area contributed by atoms with Gasteiger partial charge in [0.05, 0.1) is 13.2 Å². The molecule has 0 N–H and O–H groups in total. The van der Waals surface area contributed by atoms with Gasteiger partial charge in [0.1, 0.15) is 6.29 Å². The number of allylic oxidation sites excluding steroid dienone is 2. The quantitative estimate of drug-likeness (QED) is 0.796. The summed E-state index contributed by atoms with van der Waals surface area (Å²) < 4.78 is 5.44. The SMILES string of the molecule is O=CC1=C(N2CCOCC2)/C(=C/c2ccc(Cl)cc2)CCC1. The zero-order valence-corrected chi connectivity index (χ0v) is 13.3. The fourth-order valence-corrected chi connectivity index (χ4v) is 3.25. The third kappa shape index (κ3) is 3.42. The third-order valence-corrected chi connectivity index (χ3v) is 4.43. The van der Waals surface area contributed by atoms with E-state index in [0.29, 0.717) is 0 Å².